The van der Waals surface area contributed by atoms with Crippen LogP contribution in [0.5, 0.6) is 0 Å². The Kier molecular flexibility index (Phi) is 9.69. The van der Waals surface area contributed by atoms with Crippen LogP contribution < -0.4 is 14.7 Å². The molecule has 0 N–H and O–H groups in total. The van der Waals surface area contributed by atoms with Crippen molar-refractivity contribution in [1.29, 1.82) is 0 Å². The summed E-state index contributed by atoms with van der Waals surface area (Å²) in [6.07, 6.45) is 21.8. The minimum absolute atomic E-state index is 0.773. The third-order valence-electron chi connectivity index (χ3n) is 5.30. The molecule has 0 aliphatic heterocycles. The van der Waals surface area contributed by atoms with Crippen LogP contribution in [0.15, 0.2) is 128 Å². The molecule has 3 rings (SSSR count). The zero-order valence-corrected chi connectivity index (χ0v) is 21.0. The van der Waals surface area contributed by atoms with Crippen LogP contribution in [-0.2, 0) is 0 Å². The van der Waals surface area contributed by atoms with E-state index >= 15 is 0 Å². The number of fused-ring (bicyclic) bond motifs is 1. The van der Waals surface area contributed by atoms with E-state index in [1.165, 1.54) is 19.8 Å². The first-order chi connectivity index (χ1) is 16.7. The number of rotatable bonds is 10. The molecule has 0 saturated heterocycles. The van der Waals surface area contributed by atoms with Gasteiger partial charge in [-0.15, -0.1) is 11.3 Å². The van der Waals surface area contributed by atoms with E-state index in [0.717, 1.165) is 29.9 Å². The van der Waals surface area contributed by atoms with E-state index in [1.807, 2.05) is 25.1 Å². The van der Waals surface area contributed by atoms with E-state index in [2.05, 4.69) is 122 Å². The summed E-state index contributed by atoms with van der Waals surface area (Å²) in [5.41, 5.74) is 3.33. The van der Waals surface area contributed by atoms with Gasteiger partial charge in [0.1, 0.15) is 0 Å². The maximum Gasteiger partial charge on any atom is 0.0415 e. The Balaban J connectivity index is 1.96. The van der Waals surface area contributed by atoms with Crippen LogP contribution in [0.3, 0.4) is 0 Å². The molecule has 0 aliphatic rings. The minimum Gasteiger partial charge on any atom is -0.338 e. The Morgan fingerprint density at radius 1 is 0.971 bits per heavy atom. The number of para-hydroxylation sites is 1. The summed E-state index contributed by atoms with van der Waals surface area (Å²) in [5.74, 6) is 0. The first-order valence-corrected chi connectivity index (χ1v) is 12.4. The molecular formula is C32H33NS. The van der Waals surface area contributed by atoms with Gasteiger partial charge in [-0.2, -0.15) is 0 Å². The summed E-state index contributed by atoms with van der Waals surface area (Å²) in [4.78, 5) is 2.31. The summed E-state index contributed by atoms with van der Waals surface area (Å²) in [6.45, 7) is 13.1. The Labute approximate surface area is 208 Å². The summed E-state index contributed by atoms with van der Waals surface area (Å²) >= 11 is 1.80. The zero-order valence-electron chi connectivity index (χ0n) is 20.2. The summed E-state index contributed by atoms with van der Waals surface area (Å²) in [6, 6.07) is 19.0. The van der Waals surface area contributed by atoms with Gasteiger partial charge in [-0.1, -0.05) is 92.1 Å². The molecule has 0 amide bonds. The predicted molar refractivity (Wildman–Crippen MR) is 155 cm³/mol. The fourth-order valence-corrected chi connectivity index (χ4v) is 4.88. The number of benzene rings is 2. The Morgan fingerprint density at radius 3 is 2.47 bits per heavy atom. The lowest BCUT2D eigenvalue weighted by Crippen LogP contribution is -2.22. The number of hydrogen-bond acceptors (Lipinski definition) is 2. The number of anilines is 1. The highest BCUT2D eigenvalue weighted by Gasteiger charge is 2.09. The van der Waals surface area contributed by atoms with Crippen LogP contribution in [0.4, 0.5) is 5.69 Å². The van der Waals surface area contributed by atoms with Crippen molar-refractivity contribution in [3.63, 3.8) is 0 Å². The molecule has 0 atom stereocenters. The third kappa shape index (κ3) is 6.69. The highest BCUT2D eigenvalue weighted by molar-refractivity contribution is 7.17. The fourth-order valence-electron chi connectivity index (χ4n) is 3.74. The molecule has 1 nitrogen and oxygen atoms in total. The molecule has 0 spiro atoms. The minimum atomic E-state index is 0.773. The topological polar surface area (TPSA) is 3.24 Å². The Morgan fingerprint density at radius 2 is 1.74 bits per heavy atom. The van der Waals surface area contributed by atoms with Gasteiger partial charge in [0, 0.05) is 27.2 Å². The van der Waals surface area contributed by atoms with Crippen molar-refractivity contribution in [2.24, 2.45) is 0 Å². The molecule has 1 aromatic heterocycles. The fraction of sp³-hybridized carbons (Fsp3) is 0.125. The molecule has 2 heteroatoms. The molecule has 0 aliphatic carbocycles. The smallest absolute Gasteiger partial charge is 0.0415 e. The summed E-state index contributed by atoms with van der Waals surface area (Å²) in [7, 11) is 0. The maximum atomic E-state index is 4.39. The number of thiophene rings is 1. The first-order valence-electron chi connectivity index (χ1n) is 11.6. The summed E-state index contributed by atoms with van der Waals surface area (Å²) in [5, 5.41) is 2.54. The summed E-state index contributed by atoms with van der Waals surface area (Å²) < 4.78 is 2.53. The molecule has 1 heterocycles. The number of hydrogen-bond donors (Lipinski definition) is 0. The van der Waals surface area contributed by atoms with Gasteiger partial charge in [-0.25, -0.2) is 0 Å². The van der Waals surface area contributed by atoms with Crippen molar-refractivity contribution < 1.29 is 0 Å². The normalized spacial score (nSPS) is 13.6. The van der Waals surface area contributed by atoms with Crippen molar-refractivity contribution in [3.05, 3.63) is 137 Å². The van der Waals surface area contributed by atoms with E-state index in [0.29, 0.717) is 0 Å². The van der Waals surface area contributed by atoms with Gasteiger partial charge < -0.3 is 4.90 Å². The largest absolute Gasteiger partial charge is 0.338 e. The predicted octanol–water partition coefficient (Wildman–Crippen LogP) is 7.69. The lowest BCUT2D eigenvalue weighted by Gasteiger charge is -2.25. The number of nitrogens with zero attached hydrogens (tertiary/aromatic N) is 1. The van der Waals surface area contributed by atoms with E-state index in [-0.39, 0.29) is 0 Å². The molecule has 0 saturated carbocycles. The standard InChI is InChI=1S/C32H33NS/c1-5-8-9-15-24-33(27-18-11-10-12-19-27)28(16-6-2)25-26(4)22-23-30-29-20-13-14-21-32(29)34-31(30)17-7-3/h5-21,23,25H,3-4,22,24H2,1-2H3/b8-5-,15-9-,16-6-,28-25+,30-23-,31-17+. The van der Waals surface area contributed by atoms with Crippen LogP contribution in [0.1, 0.15) is 20.3 Å². The van der Waals surface area contributed by atoms with E-state index in [9.17, 15) is 0 Å². The Hall–Kier alpha value is -3.62. The van der Waals surface area contributed by atoms with Gasteiger partial charge in [-0.05, 0) is 72.9 Å². The van der Waals surface area contributed by atoms with E-state index in [1.54, 1.807) is 11.3 Å². The molecule has 34 heavy (non-hydrogen) atoms. The average Bonchev–Trinajstić information content (AvgIpc) is 3.20. The van der Waals surface area contributed by atoms with Crippen molar-refractivity contribution in [2.45, 2.75) is 20.3 Å². The van der Waals surface area contributed by atoms with E-state index < -0.39 is 0 Å². The van der Waals surface area contributed by atoms with Crippen LogP contribution in [0.25, 0.3) is 22.2 Å². The first kappa shape index (κ1) is 25.0. The van der Waals surface area contributed by atoms with Crippen molar-refractivity contribution in [1.82, 2.24) is 0 Å². The SMILES string of the molecule is C=C/C=c1/sc2ccccc2/c1=C/CC(=C)/C=C(\C=C/C)N(C/C=C\C=C/C)c1ccccc1. The van der Waals surface area contributed by atoms with Gasteiger partial charge in [0.25, 0.3) is 0 Å². The van der Waals surface area contributed by atoms with Crippen molar-refractivity contribution in [3.8, 4) is 0 Å². The Bertz CT molecular complexity index is 1350. The van der Waals surface area contributed by atoms with Gasteiger partial charge in [0.15, 0.2) is 0 Å². The van der Waals surface area contributed by atoms with Gasteiger partial charge in [-0.3, -0.25) is 0 Å². The van der Waals surface area contributed by atoms with Gasteiger partial charge >= 0.3 is 0 Å². The highest BCUT2D eigenvalue weighted by Crippen LogP contribution is 2.22. The second-order valence-corrected chi connectivity index (χ2v) is 8.90. The van der Waals surface area contributed by atoms with Crippen molar-refractivity contribution in [2.75, 3.05) is 11.4 Å². The second-order valence-electron chi connectivity index (χ2n) is 7.81. The van der Waals surface area contributed by atoms with Gasteiger partial charge in [0.2, 0.25) is 0 Å². The average molecular weight is 464 g/mol. The molecule has 0 fully saturated rings. The van der Waals surface area contributed by atoms with Crippen LogP contribution in [-0.4, -0.2) is 6.54 Å². The number of allylic oxidation sites excluding steroid dienone is 8. The molecular weight excluding hydrogens is 430 g/mol. The highest BCUT2D eigenvalue weighted by atomic mass is 32.1. The second kappa shape index (κ2) is 13.2. The molecule has 0 bridgehead atoms. The van der Waals surface area contributed by atoms with E-state index in [4.69, 9.17) is 0 Å². The van der Waals surface area contributed by atoms with Crippen LogP contribution >= 0.6 is 11.3 Å². The van der Waals surface area contributed by atoms with Crippen molar-refractivity contribution >= 4 is 39.3 Å². The van der Waals surface area contributed by atoms with Crippen LogP contribution in [0.2, 0.25) is 0 Å². The molecule has 3 aromatic rings. The lowest BCUT2D eigenvalue weighted by atomic mass is 10.1. The molecule has 0 radical (unpaired) electrons. The molecule has 0 unspecified atom stereocenters. The lowest BCUT2D eigenvalue weighted by molar-refractivity contribution is 1.03. The van der Waals surface area contributed by atoms with Crippen LogP contribution in [0, 0.1) is 0 Å². The third-order valence-corrected chi connectivity index (χ3v) is 6.45. The monoisotopic (exact) mass is 463 g/mol. The molecule has 172 valence electrons. The maximum absolute atomic E-state index is 4.39. The zero-order chi connectivity index (χ0) is 24.2. The van der Waals surface area contributed by atoms with Gasteiger partial charge in [0.05, 0.1) is 0 Å². The quantitative estimate of drug-likeness (QED) is 0.279. The molecule has 2 aromatic carbocycles.